The zero-order valence-electron chi connectivity index (χ0n) is 19.2. The number of carbonyl (C=O) groups is 1. The summed E-state index contributed by atoms with van der Waals surface area (Å²) >= 11 is 0. The van der Waals surface area contributed by atoms with E-state index in [0.717, 1.165) is 17.2 Å². The fourth-order valence-corrected chi connectivity index (χ4v) is 4.38. The summed E-state index contributed by atoms with van der Waals surface area (Å²) in [5, 5.41) is 3.86. The normalized spacial score (nSPS) is 15.0. The maximum absolute atomic E-state index is 14.8. The molecule has 7 nitrogen and oxygen atoms in total. The Bertz CT molecular complexity index is 1460. The van der Waals surface area contributed by atoms with Crippen molar-refractivity contribution in [2.24, 2.45) is 0 Å². The highest BCUT2D eigenvalue weighted by Gasteiger charge is 2.22. The van der Waals surface area contributed by atoms with Gasteiger partial charge in [-0.3, -0.25) is 9.20 Å². The maximum Gasteiger partial charge on any atom is 0.266 e. The number of aromatic nitrogens is 4. The van der Waals surface area contributed by atoms with E-state index in [1.165, 1.54) is 12.1 Å². The Kier molecular flexibility index (Phi) is 5.88. The molecule has 0 aliphatic carbocycles. The van der Waals surface area contributed by atoms with Crippen LogP contribution >= 0.6 is 0 Å². The number of imidazole rings is 1. The highest BCUT2D eigenvalue weighted by atomic mass is 19.3. The summed E-state index contributed by atoms with van der Waals surface area (Å²) in [5.74, 6) is -0.0745. The van der Waals surface area contributed by atoms with Gasteiger partial charge in [0.05, 0.1) is 17.0 Å². The molecule has 180 valence electrons. The quantitative estimate of drug-likeness (QED) is 0.427. The van der Waals surface area contributed by atoms with Gasteiger partial charge in [0.25, 0.3) is 6.43 Å². The molecular weight excluding hydrogens is 457 g/mol. The first-order valence-electron chi connectivity index (χ1n) is 11.2. The Morgan fingerprint density at radius 3 is 2.71 bits per heavy atom. The van der Waals surface area contributed by atoms with Crippen LogP contribution in [0.4, 0.5) is 19.0 Å². The molecule has 0 bridgehead atoms. The maximum atomic E-state index is 14.8. The molecule has 4 aromatic rings. The van der Waals surface area contributed by atoms with E-state index in [9.17, 15) is 18.0 Å². The minimum atomic E-state index is -2.91. The molecule has 1 N–H and O–H groups in total. The molecule has 1 aliphatic rings. The van der Waals surface area contributed by atoms with Gasteiger partial charge in [-0.25, -0.2) is 23.1 Å². The molecule has 1 atom stereocenters. The first kappa shape index (κ1) is 22.8. The Morgan fingerprint density at radius 2 is 2.00 bits per heavy atom. The van der Waals surface area contributed by atoms with Crippen molar-refractivity contribution in [2.75, 3.05) is 18.4 Å². The summed E-state index contributed by atoms with van der Waals surface area (Å²) in [7, 11) is 0. The van der Waals surface area contributed by atoms with E-state index in [1.54, 1.807) is 41.7 Å². The largest absolute Gasteiger partial charge is 0.363 e. The number of anilines is 1. The Labute approximate surface area is 199 Å². The molecule has 0 unspecified atom stereocenters. The number of carbonyl (C=O) groups excluding carboxylic acids is 1. The third kappa shape index (κ3) is 4.20. The van der Waals surface area contributed by atoms with Crippen LogP contribution in [0.1, 0.15) is 49.4 Å². The molecule has 0 fully saturated rings. The van der Waals surface area contributed by atoms with Crippen molar-refractivity contribution in [3.8, 4) is 0 Å². The zero-order valence-corrected chi connectivity index (χ0v) is 19.2. The van der Waals surface area contributed by atoms with Gasteiger partial charge in [0, 0.05) is 44.2 Å². The highest BCUT2D eigenvalue weighted by Crippen LogP contribution is 2.32. The summed E-state index contributed by atoms with van der Waals surface area (Å²) < 4.78 is 43.0. The molecule has 1 amide bonds. The monoisotopic (exact) mass is 480 g/mol. The van der Waals surface area contributed by atoms with Gasteiger partial charge < -0.3 is 10.2 Å². The molecule has 35 heavy (non-hydrogen) atoms. The lowest BCUT2D eigenvalue weighted by Crippen LogP contribution is -2.32. The number of benzene rings is 1. The number of pyridine rings is 1. The minimum Gasteiger partial charge on any atom is -0.363 e. The topological polar surface area (TPSA) is 75.4 Å². The summed E-state index contributed by atoms with van der Waals surface area (Å²) in [6.07, 6.45) is 4.93. The molecule has 3 aromatic heterocycles. The Morgan fingerprint density at radius 1 is 1.20 bits per heavy atom. The van der Waals surface area contributed by atoms with Crippen LogP contribution in [0.3, 0.4) is 0 Å². The first-order chi connectivity index (χ1) is 16.8. The van der Waals surface area contributed by atoms with Crippen LogP contribution in [-0.2, 0) is 4.79 Å². The smallest absolute Gasteiger partial charge is 0.266 e. The van der Waals surface area contributed by atoms with Gasteiger partial charge in [0.1, 0.15) is 11.6 Å². The molecule has 0 saturated carbocycles. The van der Waals surface area contributed by atoms with Gasteiger partial charge in [-0.2, -0.15) is 4.98 Å². The van der Waals surface area contributed by atoms with Crippen molar-refractivity contribution in [2.45, 2.75) is 32.7 Å². The second-order valence-electron chi connectivity index (χ2n) is 8.51. The molecule has 1 aliphatic heterocycles. The van der Waals surface area contributed by atoms with Crippen molar-refractivity contribution < 1.29 is 18.0 Å². The van der Waals surface area contributed by atoms with Crippen LogP contribution in [0.5, 0.6) is 0 Å². The van der Waals surface area contributed by atoms with Crippen LogP contribution in [0, 0.1) is 5.82 Å². The van der Waals surface area contributed by atoms with Crippen LogP contribution in [0.2, 0.25) is 0 Å². The van der Waals surface area contributed by atoms with Gasteiger partial charge in [-0.05, 0) is 30.5 Å². The van der Waals surface area contributed by atoms with E-state index in [2.05, 4.69) is 20.3 Å². The third-order valence-electron chi connectivity index (χ3n) is 6.32. The number of hydrogen-bond donors (Lipinski definition) is 1. The number of amides is 1. The van der Waals surface area contributed by atoms with Crippen molar-refractivity contribution in [1.29, 1.82) is 0 Å². The predicted molar refractivity (Wildman–Crippen MR) is 127 cm³/mol. The van der Waals surface area contributed by atoms with Crippen molar-refractivity contribution in [3.05, 3.63) is 71.4 Å². The number of fused-ring (bicyclic) bond motifs is 3. The van der Waals surface area contributed by atoms with Crippen LogP contribution in [0.15, 0.2) is 48.9 Å². The summed E-state index contributed by atoms with van der Waals surface area (Å²) in [4.78, 5) is 26.9. The SMILES string of the molecule is CC(=O)N1CC=C(c2cnc3c(c2)c(N[C@H](C)c2cccc(C(F)F)c2F)nc2nccn23)CC1. The molecule has 0 saturated heterocycles. The zero-order chi connectivity index (χ0) is 24.7. The molecule has 0 radical (unpaired) electrons. The minimum absolute atomic E-state index is 0.0345. The van der Waals surface area contributed by atoms with E-state index in [0.29, 0.717) is 42.1 Å². The molecule has 0 spiro atoms. The fraction of sp³-hybridized carbons (Fsp3) is 0.280. The van der Waals surface area contributed by atoms with E-state index in [-0.39, 0.29) is 11.5 Å². The van der Waals surface area contributed by atoms with Crippen LogP contribution in [-0.4, -0.2) is 43.2 Å². The van der Waals surface area contributed by atoms with E-state index in [4.69, 9.17) is 0 Å². The number of rotatable bonds is 5. The van der Waals surface area contributed by atoms with Crippen molar-refractivity contribution >= 4 is 34.1 Å². The lowest BCUT2D eigenvalue weighted by molar-refractivity contribution is -0.128. The summed E-state index contributed by atoms with van der Waals surface area (Å²) in [6.45, 7) is 4.40. The van der Waals surface area contributed by atoms with Gasteiger partial charge in [0.2, 0.25) is 11.7 Å². The summed E-state index contributed by atoms with van der Waals surface area (Å²) in [5.41, 5.74) is 2.05. The predicted octanol–water partition coefficient (Wildman–Crippen LogP) is 5.16. The highest BCUT2D eigenvalue weighted by molar-refractivity contribution is 5.91. The van der Waals surface area contributed by atoms with Gasteiger partial charge in [0.15, 0.2) is 5.65 Å². The van der Waals surface area contributed by atoms with Crippen molar-refractivity contribution in [3.63, 3.8) is 0 Å². The lowest BCUT2D eigenvalue weighted by Gasteiger charge is -2.25. The van der Waals surface area contributed by atoms with E-state index in [1.807, 2.05) is 12.1 Å². The number of hydrogen-bond acceptors (Lipinski definition) is 5. The third-order valence-corrected chi connectivity index (χ3v) is 6.32. The van der Waals surface area contributed by atoms with E-state index >= 15 is 0 Å². The average Bonchev–Trinajstić information content (AvgIpc) is 3.32. The number of halogens is 3. The molecule has 5 rings (SSSR count). The molecule has 10 heteroatoms. The Hall–Kier alpha value is -3.95. The Balaban J connectivity index is 1.56. The summed E-state index contributed by atoms with van der Waals surface area (Å²) in [6, 6.07) is 5.28. The average molecular weight is 480 g/mol. The number of nitrogens with zero attached hydrogens (tertiary/aromatic N) is 5. The van der Waals surface area contributed by atoms with Crippen LogP contribution < -0.4 is 5.32 Å². The number of nitrogens with one attached hydrogen (secondary N) is 1. The van der Waals surface area contributed by atoms with E-state index < -0.39 is 23.8 Å². The van der Waals surface area contributed by atoms with Crippen LogP contribution in [0.25, 0.3) is 22.4 Å². The van der Waals surface area contributed by atoms with Crippen molar-refractivity contribution in [1.82, 2.24) is 24.3 Å². The molecular formula is C25H23F3N6O. The second-order valence-corrected chi connectivity index (χ2v) is 8.51. The fourth-order valence-electron chi connectivity index (χ4n) is 4.38. The first-order valence-corrected chi connectivity index (χ1v) is 11.2. The lowest BCUT2D eigenvalue weighted by atomic mass is 10.00. The molecule has 4 heterocycles. The van der Waals surface area contributed by atoms with Gasteiger partial charge >= 0.3 is 0 Å². The van der Waals surface area contributed by atoms with Gasteiger partial charge in [-0.15, -0.1) is 0 Å². The second kappa shape index (κ2) is 9.01. The standard InChI is InChI=1S/C25H23F3N6O/c1-14(18-4-3-5-19(21(18)26)22(27)28)31-23-20-12-17(16-6-9-33(10-7-16)15(2)35)13-30-24(20)34-11-8-29-25(34)32-23/h3-6,8,11-14,22H,7,9-10H2,1-2H3,(H,29,31,32)/t14-/m1/s1. The molecule has 1 aromatic carbocycles. The van der Waals surface area contributed by atoms with Gasteiger partial charge in [-0.1, -0.05) is 24.3 Å². The number of alkyl halides is 2.